The minimum Gasteiger partial charge on any atom is -0.342 e. The molecule has 0 spiro atoms. The molecule has 74 valence electrons. The third-order valence-electron chi connectivity index (χ3n) is 2.77. The maximum atomic E-state index is 6.22. The second-order valence-corrected chi connectivity index (χ2v) is 4.11. The molecule has 0 amide bonds. The molecule has 2 rings (SSSR count). The fourth-order valence-corrected chi connectivity index (χ4v) is 2.00. The smallest absolute Gasteiger partial charge is 0.104 e. The SMILES string of the molecule is Cc1nc2c(C)c(Cl)c(C)c(C)c2[nH]1. The van der Waals surface area contributed by atoms with E-state index in [0.717, 1.165) is 33.0 Å². The first-order chi connectivity index (χ1) is 6.52. The van der Waals surface area contributed by atoms with Gasteiger partial charge in [0.1, 0.15) is 5.82 Å². The van der Waals surface area contributed by atoms with Gasteiger partial charge in [0.15, 0.2) is 0 Å². The number of aromatic amines is 1. The molecule has 0 saturated carbocycles. The molecule has 0 atom stereocenters. The number of nitrogens with zero attached hydrogens (tertiary/aromatic N) is 1. The number of H-pyrrole nitrogens is 1. The molecule has 2 nitrogen and oxygen atoms in total. The Morgan fingerprint density at radius 1 is 1.00 bits per heavy atom. The number of rotatable bonds is 0. The lowest BCUT2D eigenvalue weighted by molar-refractivity contribution is 1.17. The van der Waals surface area contributed by atoms with E-state index < -0.39 is 0 Å². The van der Waals surface area contributed by atoms with Gasteiger partial charge in [-0.25, -0.2) is 4.98 Å². The second kappa shape index (κ2) is 2.99. The van der Waals surface area contributed by atoms with Crippen molar-refractivity contribution in [1.29, 1.82) is 0 Å². The van der Waals surface area contributed by atoms with E-state index >= 15 is 0 Å². The topological polar surface area (TPSA) is 28.7 Å². The molecule has 0 bridgehead atoms. The van der Waals surface area contributed by atoms with Crippen LogP contribution in [0.4, 0.5) is 0 Å². The van der Waals surface area contributed by atoms with E-state index in [4.69, 9.17) is 11.6 Å². The average molecular weight is 209 g/mol. The second-order valence-electron chi connectivity index (χ2n) is 3.73. The summed E-state index contributed by atoms with van der Waals surface area (Å²) >= 11 is 6.22. The van der Waals surface area contributed by atoms with Crippen molar-refractivity contribution >= 4 is 22.6 Å². The monoisotopic (exact) mass is 208 g/mol. The van der Waals surface area contributed by atoms with Gasteiger partial charge >= 0.3 is 0 Å². The Morgan fingerprint density at radius 3 is 2.29 bits per heavy atom. The van der Waals surface area contributed by atoms with Crippen molar-refractivity contribution in [2.24, 2.45) is 0 Å². The normalized spacial score (nSPS) is 11.2. The van der Waals surface area contributed by atoms with Crippen molar-refractivity contribution < 1.29 is 0 Å². The molecule has 1 aromatic heterocycles. The van der Waals surface area contributed by atoms with Crippen LogP contribution in [0, 0.1) is 27.7 Å². The van der Waals surface area contributed by atoms with E-state index in [2.05, 4.69) is 16.9 Å². The molecule has 1 aromatic carbocycles. The Labute approximate surface area is 88.3 Å². The summed E-state index contributed by atoms with van der Waals surface area (Å²) in [5.74, 6) is 0.938. The van der Waals surface area contributed by atoms with Crippen LogP contribution in [-0.4, -0.2) is 9.97 Å². The van der Waals surface area contributed by atoms with Crippen LogP contribution in [0.15, 0.2) is 0 Å². The van der Waals surface area contributed by atoms with Gasteiger partial charge in [0, 0.05) is 5.02 Å². The molecule has 0 saturated heterocycles. The molecule has 0 radical (unpaired) electrons. The molecular formula is C11H13ClN2. The van der Waals surface area contributed by atoms with E-state index in [1.165, 1.54) is 5.56 Å². The number of halogens is 1. The van der Waals surface area contributed by atoms with Crippen molar-refractivity contribution in [3.8, 4) is 0 Å². The molecule has 0 unspecified atom stereocenters. The zero-order valence-corrected chi connectivity index (χ0v) is 9.58. The minimum absolute atomic E-state index is 0.835. The van der Waals surface area contributed by atoms with Crippen molar-refractivity contribution in [3.63, 3.8) is 0 Å². The quantitative estimate of drug-likeness (QED) is 0.706. The molecule has 1 N–H and O–H groups in total. The lowest BCUT2D eigenvalue weighted by Crippen LogP contribution is -1.89. The largest absolute Gasteiger partial charge is 0.342 e. The first kappa shape index (κ1) is 9.53. The predicted molar refractivity (Wildman–Crippen MR) is 60.1 cm³/mol. The summed E-state index contributed by atoms with van der Waals surface area (Å²) in [6.45, 7) is 8.08. The number of hydrogen-bond acceptors (Lipinski definition) is 1. The van der Waals surface area contributed by atoms with Crippen molar-refractivity contribution in [1.82, 2.24) is 9.97 Å². The predicted octanol–water partition coefficient (Wildman–Crippen LogP) is 3.45. The highest BCUT2D eigenvalue weighted by molar-refractivity contribution is 6.33. The first-order valence-electron chi connectivity index (χ1n) is 4.64. The summed E-state index contributed by atoms with van der Waals surface area (Å²) in [5.41, 5.74) is 5.50. The van der Waals surface area contributed by atoms with Crippen LogP contribution in [0.3, 0.4) is 0 Å². The molecular weight excluding hydrogens is 196 g/mol. The number of fused-ring (bicyclic) bond motifs is 1. The third-order valence-corrected chi connectivity index (χ3v) is 3.34. The summed E-state index contributed by atoms with van der Waals surface area (Å²) in [6.07, 6.45) is 0. The summed E-state index contributed by atoms with van der Waals surface area (Å²) in [4.78, 5) is 7.70. The van der Waals surface area contributed by atoms with Gasteiger partial charge in [-0.3, -0.25) is 0 Å². The van der Waals surface area contributed by atoms with E-state index in [9.17, 15) is 0 Å². The number of nitrogens with one attached hydrogen (secondary N) is 1. The van der Waals surface area contributed by atoms with Crippen LogP contribution in [0.2, 0.25) is 5.02 Å². The van der Waals surface area contributed by atoms with Gasteiger partial charge in [0.2, 0.25) is 0 Å². The fourth-order valence-electron chi connectivity index (χ4n) is 1.77. The minimum atomic E-state index is 0.835. The lowest BCUT2D eigenvalue weighted by atomic mass is 10.0. The Kier molecular flexibility index (Phi) is 2.04. The van der Waals surface area contributed by atoms with Gasteiger partial charge in [-0.05, 0) is 44.4 Å². The Hall–Kier alpha value is -1.02. The van der Waals surface area contributed by atoms with Crippen LogP contribution in [0.5, 0.6) is 0 Å². The molecule has 0 aliphatic rings. The van der Waals surface area contributed by atoms with Crippen LogP contribution in [0.1, 0.15) is 22.5 Å². The lowest BCUT2D eigenvalue weighted by Gasteiger charge is -2.07. The standard InChI is InChI=1S/C11H13ClN2/c1-5-6(2)10-11(7(3)9(5)12)14-8(4)13-10/h1-4H3,(H,13,14). The number of hydrogen-bond donors (Lipinski definition) is 1. The van der Waals surface area contributed by atoms with Gasteiger partial charge in [-0.1, -0.05) is 11.6 Å². The Balaban J connectivity index is 3.01. The molecule has 2 aromatic rings. The number of aryl methyl sites for hydroxylation is 3. The first-order valence-corrected chi connectivity index (χ1v) is 5.01. The number of imidazole rings is 1. The van der Waals surface area contributed by atoms with Gasteiger partial charge < -0.3 is 4.98 Å². The van der Waals surface area contributed by atoms with Gasteiger partial charge in [-0.15, -0.1) is 0 Å². The summed E-state index contributed by atoms with van der Waals surface area (Å²) in [5, 5.41) is 0.835. The zero-order chi connectivity index (χ0) is 10.5. The van der Waals surface area contributed by atoms with E-state index in [1.54, 1.807) is 0 Å². The average Bonchev–Trinajstić information content (AvgIpc) is 2.54. The van der Waals surface area contributed by atoms with Crippen LogP contribution in [0.25, 0.3) is 11.0 Å². The molecule has 0 aliphatic heterocycles. The zero-order valence-electron chi connectivity index (χ0n) is 8.83. The van der Waals surface area contributed by atoms with Crippen LogP contribution in [-0.2, 0) is 0 Å². The molecule has 0 fully saturated rings. The highest BCUT2D eigenvalue weighted by Crippen LogP contribution is 2.30. The molecule has 1 heterocycles. The number of benzene rings is 1. The van der Waals surface area contributed by atoms with Gasteiger partial charge in [-0.2, -0.15) is 0 Å². The van der Waals surface area contributed by atoms with Crippen molar-refractivity contribution in [2.75, 3.05) is 0 Å². The van der Waals surface area contributed by atoms with Gasteiger partial charge in [0.05, 0.1) is 11.0 Å². The Morgan fingerprint density at radius 2 is 1.64 bits per heavy atom. The van der Waals surface area contributed by atoms with Gasteiger partial charge in [0.25, 0.3) is 0 Å². The van der Waals surface area contributed by atoms with Crippen LogP contribution >= 0.6 is 11.6 Å². The third kappa shape index (κ3) is 1.14. The van der Waals surface area contributed by atoms with Crippen LogP contribution < -0.4 is 0 Å². The van der Waals surface area contributed by atoms with E-state index in [-0.39, 0.29) is 0 Å². The van der Waals surface area contributed by atoms with Crippen molar-refractivity contribution in [2.45, 2.75) is 27.7 Å². The fraction of sp³-hybridized carbons (Fsp3) is 0.364. The summed E-state index contributed by atoms with van der Waals surface area (Å²) in [6, 6.07) is 0. The maximum absolute atomic E-state index is 6.22. The summed E-state index contributed by atoms with van der Waals surface area (Å²) < 4.78 is 0. The number of aromatic nitrogens is 2. The Bertz CT molecular complexity index is 467. The highest BCUT2D eigenvalue weighted by atomic mass is 35.5. The maximum Gasteiger partial charge on any atom is 0.104 e. The summed E-state index contributed by atoms with van der Waals surface area (Å²) in [7, 11) is 0. The molecule has 3 heteroatoms. The molecule has 14 heavy (non-hydrogen) atoms. The molecule has 0 aliphatic carbocycles. The van der Waals surface area contributed by atoms with Crippen molar-refractivity contribution in [3.05, 3.63) is 27.5 Å². The highest BCUT2D eigenvalue weighted by Gasteiger charge is 2.12. The van der Waals surface area contributed by atoms with E-state index in [1.807, 2.05) is 20.8 Å². The van der Waals surface area contributed by atoms with E-state index in [0.29, 0.717) is 0 Å².